The summed E-state index contributed by atoms with van der Waals surface area (Å²) in [5.41, 5.74) is -2.97. The van der Waals surface area contributed by atoms with Gasteiger partial charge >= 0.3 is 6.18 Å². The Morgan fingerprint density at radius 2 is 1.60 bits per heavy atom. The molecule has 2 aromatic rings. The third-order valence-corrected chi connectivity index (χ3v) is 3.40. The van der Waals surface area contributed by atoms with Crippen molar-refractivity contribution in [3.8, 4) is 0 Å². The summed E-state index contributed by atoms with van der Waals surface area (Å²) in [6.07, 6.45) is -3.39. The maximum Gasteiger partial charge on any atom is 0.422 e. The van der Waals surface area contributed by atoms with E-state index in [1.165, 1.54) is 43.5 Å². The van der Waals surface area contributed by atoms with Gasteiger partial charge in [-0.25, -0.2) is 0 Å². The first-order valence-corrected chi connectivity index (χ1v) is 6.13. The van der Waals surface area contributed by atoms with Crippen molar-refractivity contribution in [2.24, 2.45) is 0 Å². The Morgan fingerprint density at radius 1 is 1.00 bits per heavy atom. The Morgan fingerprint density at radius 3 is 2.10 bits per heavy atom. The maximum absolute atomic E-state index is 13.4. The molecule has 0 aliphatic heterocycles. The zero-order valence-corrected chi connectivity index (χ0v) is 10.8. The number of rotatable bonds is 3. The lowest BCUT2D eigenvalue weighted by molar-refractivity contribution is -0.274. The van der Waals surface area contributed by atoms with Crippen molar-refractivity contribution in [3.05, 3.63) is 66.0 Å². The second kappa shape index (κ2) is 5.25. The molecule has 0 saturated carbocycles. The number of hydrogen-bond donors (Lipinski definition) is 1. The number of pyridine rings is 1. The fourth-order valence-electron chi connectivity index (χ4n) is 2.20. The normalized spacial score (nSPS) is 16.4. The van der Waals surface area contributed by atoms with E-state index < -0.39 is 17.7 Å². The highest BCUT2D eigenvalue weighted by atomic mass is 19.4. The van der Waals surface area contributed by atoms with Crippen molar-refractivity contribution in [1.82, 2.24) is 4.98 Å². The molecule has 0 aliphatic carbocycles. The minimum atomic E-state index is -4.80. The lowest BCUT2D eigenvalue weighted by Gasteiger charge is -2.36. The number of benzene rings is 1. The number of aliphatic hydroxyl groups is 1. The third-order valence-electron chi connectivity index (χ3n) is 3.40. The minimum absolute atomic E-state index is 0.189. The van der Waals surface area contributed by atoms with Crippen molar-refractivity contribution in [3.63, 3.8) is 0 Å². The Bertz CT molecular complexity index is 556. The number of nitrogens with zero attached hydrogens (tertiary/aromatic N) is 1. The van der Waals surface area contributed by atoms with Crippen LogP contribution in [0.5, 0.6) is 0 Å². The number of hydrogen-bond acceptors (Lipinski definition) is 2. The van der Waals surface area contributed by atoms with E-state index in [4.69, 9.17) is 0 Å². The molecule has 1 aromatic heterocycles. The molecule has 0 amide bonds. The van der Waals surface area contributed by atoms with E-state index in [-0.39, 0.29) is 11.3 Å². The van der Waals surface area contributed by atoms with Crippen molar-refractivity contribution in [1.29, 1.82) is 0 Å². The minimum Gasteiger partial charge on any atom is -0.376 e. The molecule has 2 atom stereocenters. The lowest BCUT2D eigenvalue weighted by Crippen LogP contribution is -2.46. The summed E-state index contributed by atoms with van der Waals surface area (Å²) in [5.74, 6) is -1.22. The van der Waals surface area contributed by atoms with Crippen LogP contribution < -0.4 is 0 Å². The van der Waals surface area contributed by atoms with Gasteiger partial charge in [-0.2, -0.15) is 13.2 Å². The molecular formula is C15H14F3NO. The summed E-state index contributed by atoms with van der Waals surface area (Å²) < 4.78 is 40.3. The summed E-state index contributed by atoms with van der Waals surface area (Å²) in [5, 5.41) is 10.4. The van der Waals surface area contributed by atoms with Gasteiger partial charge < -0.3 is 5.11 Å². The number of aromatic nitrogens is 1. The molecule has 0 aliphatic rings. The van der Waals surface area contributed by atoms with Crippen LogP contribution in [0, 0.1) is 0 Å². The van der Waals surface area contributed by atoms with Crippen LogP contribution in [0.15, 0.2) is 54.7 Å². The van der Waals surface area contributed by atoms with Crippen LogP contribution >= 0.6 is 0 Å². The SMILES string of the molecule is C[C@H](c1ccccn1)[C@](O)(c1ccccc1)C(F)(F)F. The largest absolute Gasteiger partial charge is 0.422 e. The molecule has 1 aromatic carbocycles. The Hall–Kier alpha value is -1.88. The van der Waals surface area contributed by atoms with Gasteiger partial charge in [0.05, 0.1) is 0 Å². The van der Waals surface area contributed by atoms with E-state index in [1.54, 1.807) is 18.2 Å². The molecule has 1 heterocycles. The average Bonchev–Trinajstić information content (AvgIpc) is 2.46. The summed E-state index contributed by atoms with van der Waals surface area (Å²) in [6, 6.07) is 11.8. The molecule has 5 heteroatoms. The molecular weight excluding hydrogens is 267 g/mol. The molecule has 0 radical (unpaired) electrons. The highest BCUT2D eigenvalue weighted by Gasteiger charge is 2.58. The topological polar surface area (TPSA) is 33.1 Å². The van der Waals surface area contributed by atoms with Crippen molar-refractivity contribution in [2.45, 2.75) is 24.6 Å². The van der Waals surface area contributed by atoms with Gasteiger partial charge in [-0.1, -0.05) is 43.3 Å². The van der Waals surface area contributed by atoms with Gasteiger partial charge in [0.2, 0.25) is 0 Å². The smallest absolute Gasteiger partial charge is 0.376 e. The van der Waals surface area contributed by atoms with Crippen molar-refractivity contribution >= 4 is 0 Å². The summed E-state index contributed by atoms with van der Waals surface area (Å²) in [6.45, 7) is 1.32. The van der Waals surface area contributed by atoms with E-state index >= 15 is 0 Å². The first-order valence-electron chi connectivity index (χ1n) is 6.13. The lowest BCUT2D eigenvalue weighted by atomic mass is 9.79. The van der Waals surface area contributed by atoms with Gasteiger partial charge in [0.15, 0.2) is 5.60 Å². The highest BCUT2D eigenvalue weighted by Crippen LogP contribution is 2.47. The average molecular weight is 281 g/mol. The maximum atomic E-state index is 13.4. The summed E-state index contributed by atoms with van der Waals surface area (Å²) in [4.78, 5) is 3.92. The first kappa shape index (κ1) is 14.5. The molecule has 1 N–H and O–H groups in total. The molecule has 20 heavy (non-hydrogen) atoms. The third kappa shape index (κ3) is 2.41. The van der Waals surface area contributed by atoms with Crippen molar-refractivity contribution < 1.29 is 18.3 Å². The Labute approximate surface area is 114 Å². The van der Waals surface area contributed by atoms with Gasteiger partial charge in [-0.05, 0) is 17.7 Å². The summed E-state index contributed by atoms with van der Waals surface area (Å²) >= 11 is 0. The number of alkyl halides is 3. The molecule has 2 rings (SSSR count). The van der Waals surface area contributed by atoms with Gasteiger partial charge in [0.25, 0.3) is 0 Å². The standard InChI is InChI=1S/C15H14F3NO/c1-11(13-9-5-6-10-19-13)14(20,15(16,17)18)12-7-3-2-4-8-12/h2-11,20H,1H3/t11-,14+/m1/s1. The van der Waals surface area contributed by atoms with E-state index in [0.717, 1.165) is 0 Å². The zero-order valence-electron chi connectivity index (χ0n) is 10.8. The fourth-order valence-corrected chi connectivity index (χ4v) is 2.20. The molecule has 106 valence electrons. The molecule has 0 unspecified atom stereocenters. The van der Waals surface area contributed by atoms with Crippen LogP contribution in [0.1, 0.15) is 24.1 Å². The van der Waals surface area contributed by atoms with Crippen LogP contribution in [-0.4, -0.2) is 16.3 Å². The monoisotopic (exact) mass is 281 g/mol. The van der Waals surface area contributed by atoms with Crippen molar-refractivity contribution in [2.75, 3.05) is 0 Å². The molecule has 2 nitrogen and oxygen atoms in total. The van der Waals surface area contributed by atoms with E-state index in [1.807, 2.05) is 0 Å². The summed E-state index contributed by atoms with van der Waals surface area (Å²) in [7, 11) is 0. The quantitative estimate of drug-likeness (QED) is 0.931. The van der Waals surface area contributed by atoms with E-state index in [9.17, 15) is 18.3 Å². The Kier molecular flexibility index (Phi) is 3.81. The van der Waals surface area contributed by atoms with Gasteiger partial charge in [0.1, 0.15) is 0 Å². The van der Waals surface area contributed by atoms with Crippen LogP contribution in [-0.2, 0) is 5.60 Å². The van der Waals surface area contributed by atoms with Gasteiger partial charge in [-0.3, -0.25) is 4.98 Å². The first-order chi connectivity index (χ1) is 9.37. The fraction of sp³-hybridized carbons (Fsp3) is 0.267. The molecule has 0 fully saturated rings. The van der Waals surface area contributed by atoms with E-state index in [0.29, 0.717) is 0 Å². The predicted molar refractivity (Wildman–Crippen MR) is 69.0 cm³/mol. The molecule has 0 bridgehead atoms. The molecule has 0 saturated heterocycles. The predicted octanol–water partition coefficient (Wildman–Crippen LogP) is 3.64. The zero-order chi connectivity index (χ0) is 14.8. The second-order valence-electron chi connectivity index (χ2n) is 4.61. The van der Waals surface area contributed by atoms with Gasteiger partial charge in [0, 0.05) is 17.8 Å². The van der Waals surface area contributed by atoms with Gasteiger partial charge in [-0.15, -0.1) is 0 Å². The van der Waals surface area contributed by atoms with Crippen LogP contribution in [0.2, 0.25) is 0 Å². The number of halogens is 3. The van der Waals surface area contributed by atoms with Crippen LogP contribution in [0.25, 0.3) is 0 Å². The molecule has 0 spiro atoms. The van der Waals surface area contributed by atoms with E-state index in [2.05, 4.69) is 4.98 Å². The highest BCUT2D eigenvalue weighted by molar-refractivity contribution is 5.29. The second-order valence-corrected chi connectivity index (χ2v) is 4.61. The van der Waals surface area contributed by atoms with Crippen LogP contribution in [0.4, 0.5) is 13.2 Å². The van der Waals surface area contributed by atoms with Crippen LogP contribution in [0.3, 0.4) is 0 Å². The Balaban J connectivity index is 2.54.